The second kappa shape index (κ2) is 9.06. The molecule has 1 nitrogen and oxygen atoms in total. The van der Waals surface area contributed by atoms with Crippen LogP contribution in [0.2, 0.25) is 0 Å². The number of thioether (sulfide) groups is 1. The Kier molecular flexibility index (Phi) is 6.99. The summed E-state index contributed by atoms with van der Waals surface area (Å²) in [5.74, 6) is 1.71. The molecule has 2 aromatic carbocycles. The standard InChI is InChI=1S/C17H20ClNS/c18-14-16(13-15-7-3-1-4-8-15)19-11-12-20-17-9-5-2-6-10-17/h1-10,16,19H,11-14H2. The second-order valence-corrected chi connectivity index (χ2v) is 6.13. The summed E-state index contributed by atoms with van der Waals surface area (Å²) in [5.41, 5.74) is 1.33. The molecule has 0 spiro atoms. The van der Waals surface area contributed by atoms with Gasteiger partial charge in [0.05, 0.1) is 0 Å². The molecule has 0 heterocycles. The molecule has 1 atom stereocenters. The molecule has 20 heavy (non-hydrogen) atoms. The van der Waals surface area contributed by atoms with E-state index in [0.29, 0.717) is 11.9 Å². The molecule has 0 aromatic heterocycles. The van der Waals surface area contributed by atoms with E-state index in [1.54, 1.807) is 0 Å². The Balaban J connectivity index is 1.69. The van der Waals surface area contributed by atoms with Crippen molar-refractivity contribution in [2.45, 2.75) is 17.4 Å². The van der Waals surface area contributed by atoms with Crippen molar-refractivity contribution < 1.29 is 0 Å². The highest BCUT2D eigenvalue weighted by Crippen LogP contribution is 2.16. The van der Waals surface area contributed by atoms with Gasteiger partial charge in [-0.25, -0.2) is 0 Å². The minimum absolute atomic E-state index is 0.343. The van der Waals surface area contributed by atoms with Crippen molar-refractivity contribution in [3.8, 4) is 0 Å². The van der Waals surface area contributed by atoms with Crippen LogP contribution in [0, 0.1) is 0 Å². The Bertz CT molecular complexity index is 475. The van der Waals surface area contributed by atoms with E-state index in [0.717, 1.165) is 18.7 Å². The summed E-state index contributed by atoms with van der Waals surface area (Å²) in [6.45, 7) is 0.976. The van der Waals surface area contributed by atoms with Gasteiger partial charge < -0.3 is 5.32 Å². The highest BCUT2D eigenvalue weighted by atomic mass is 35.5. The third-order valence-corrected chi connectivity index (χ3v) is 4.44. The summed E-state index contributed by atoms with van der Waals surface area (Å²) in [4.78, 5) is 1.32. The van der Waals surface area contributed by atoms with Crippen LogP contribution in [-0.4, -0.2) is 24.2 Å². The molecular formula is C17H20ClNS. The second-order valence-electron chi connectivity index (χ2n) is 4.66. The Hall–Kier alpha value is -0.960. The van der Waals surface area contributed by atoms with Gasteiger partial charge in [0.15, 0.2) is 0 Å². The molecule has 106 valence electrons. The first-order valence-electron chi connectivity index (χ1n) is 6.89. The monoisotopic (exact) mass is 305 g/mol. The van der Waals surface area contributed by atoms with Crippen LogP contribution in [0.4, 0.5) is 0 Å². The van der Waals surface area contributed by atoms with Gasteiger partial charge in [0.1, 0.15) is 0 Å². The summed E-state index contributed by atoms with van der Waals surface area (Å²) < 4.78 is 0. The van der Waals surface area contributed by atoms with Gasteiger partial charge >= 0.3 is 0 Å². The lowest BCUT2D eigenvalue weighted by molar-refractivity contribution is 0.573. The highest BCUT2D eigenvalue weighted by molar-refractivity contribution is 7.99. The van der Waals surface area contributed by atoms with Crippen LogP contribution in [0.1, 0.15) is 5.56 Å². The maximum atomic E-state index is 6.04. The molecule has 0 aliphatic heterocycles. The predicted octanol–water partition coefficient (Wildman–Crippen LogP) is 4.22. The zero-order valence-corrected chi connectivity index (χ0v) is 13.0. The smallest absolute Gasteiger partial charge is 0.0380 e. The number of nitrogens with one attached hydrogen (secondary N) is 1. The Morgan fingerprint density at radius 3 is 2.25 bits per heavy atom. The van der Waals surface area contributed by atoms with Gasteiger partial charge in [-0.05, 0) is 24.1 Å². The molecule has 0 fully saturated rings. The number of halogens is 1. The first-order chi connectivity index (χ1) is 9.88. The fraction of sp³-hybridized carbons (Fsp3) is 0.294. The van der Waals surface area contributed by atoms with Crippen LogP contribution in [0.5, 0.6) is 0 Å². The summed E-state index contributed by atoms with van der Waals surface area (Å²) in [6, 6.07) is 21.3. The molecule has 1 unspecified atom stereocenters. The lowest BCUT2D eigenvalue weighted by Crippen LogP contribution is -2.34. The van der Waals surface area contributed by atoms with E-state index in [9.17, 15) is 0 Å². The van der Waals surface area contributed by atoms with Crippen molar-refractivity contribution in [3.63, 3.8) is 0 Å². The minimum Gasteiger partial charge on any atom is -0.312 e. The van der Waals surface area contributed by atoms with Gasteiger partial charge in [0.25, 0.3) is 0 Å². The SMILES string of the molecule is ClCC(Cc1ccccc1)NCCSc1ccccc1. The molecule has 0 saturated heterocycles. The fourth-order valence-electron chi connectivity index (χ4n) is 2.03. The maximum absolute atomic E-state index is 6.04. The van der Waals surface area contributed by atoms with E-state index in [2.05, 4.69) is 53.8 Å². The molecule has 0 amide bonds. The van der Waals surface area contributed by atoms with Crippen LogP contribution in [0.3, 0.4) is 0 Å². The van der Waals surface area contributed by atoms with Crippen molar-refractivity contribution in [3.05, 3.63) is 66.2 Å². The molecule has 2 rings (SSSR count). The zero-order valence-electron chi connectivity index (χ0n) is 11.5. The summed E-state index contributed by atoms with van der Waals surface area (Å²) in [6.07, 6.45) is 0.986. The molecule has 1 N–H and O–H groups in total. The molecular weight excluding hydrogens is 286 g/mol. The third-order valence-electron chi connectivity index (χ3n) is 3.06. The van der Waals surface area contributed by atoms with Gasteiger partial charge in [0, 0.05) is 29.1 Å². The quantitative estimate of drug-likeness (QED) is 0.445. The molecule has 2 aromatic rings. The van der Waals surface area contributed by atoms with Gasteiger partial charge in [-0.1, -0.05) is 48.5 Å². The first kappa shape index (κ1) is 15.4. The van der Waals surface area contributed by atoms with Gasteiger partial charge in [0.2, 0.25) is 0 Å². The van der Waals surface area contributed by atoms with Crippen LogP contribution >= 0.6 is 23.4 Å². The molecule has 0 radical (unpaired) electrons. The fourth-order valence-corrected chi connectivity index (χ4v) is 3.05. The van der Waals surface area contributed by atoms with E-state index < -0.39 is 0 Å². The lowest BCUT2D eigenvalue weighted by Gasteiger charge is -2.16. The van der Waals surface area contributed by atoms with Crippen molar-refractivity contribution >= 4 is 23.4 Å². The van der Waals surface area contributed by atoms with Crippen molar-refractivity contribution in [1.29, 1.82) is 0 Å². The lowest BCUT2D eigenvalue weighted by atomic mass is 10.1. The van der Waals surface area contributed by atoms with Gasteiger partial charge in [-0.2, -0.15) is 0 Å². The molecule has 0 aliphatic carbocycles. The van der Waals surface area contributed by atoms with E-state index in [1.807, 2.05) is 23.9 Å². The van der Waals surface area contributed by atoms with Crippen molar-refractivity contribution in [2.24, 2.45) is 0 Å². The number of benzene rings is 2. The molecule has 0 saturated carbocycles. The number of hydrogen-bond donors (Lipinski definition) is 1. The molecule has 0 bridgehead atoms. The first-order valence-corrected chi connectivity index (χ1v) is 8.41. The van der Waals surface area contributed by atoms with E-state index in [1.165, 1.54) is 10.5 Å². The molecule has 0 aliphatic rings. The summed E-state index contributed by atoms with van der Waals surface area (Å²) in [5, 5.41) is 3.54. The Morgan fingerprint density at radius 1 is 0.950 bits per heavy atom. The van der Waals surface area contributed by atoms with Gasteiger partial charge in [-0.15, -0.1) is 23.4 Å². The largest absolute Gasteiger partial charge is 0.312 e. The van der Waals surface area contributed by atoms with Crippen molar-refractivity contribution in [2.75, 3.05) is 18.2 Å². The Morgan fingerprint density at radius 2 is 1.60 bits per heavy atom. The predicted molar refractivity (Wildman–Crippen MR) is 89.8 cm³/mol. The molecule has 3 heteroatoms. The Labute approximate surface area is 130 Å². The number of hydrogen-bond acceptors (Lipinski definition) is 2. The van der Waals surface area contributed by atoms with E-state index in [-0.39, 0.29) is 0 Å². The number of rotatable bonds is 8. The number of alkyl halides is 1. The van der Waals surface area contributed by atoms with Crippen molar-refractivity contribution in [1.82, 2.24) is 5.32 Å². The van der Waals surface area contributed by atoms with Crippen LogP contribution in [-0.2, 0) is 6.42 Å². The normalized spacial score (nSPS) is 12.2. The average molecular weight is 306 g/mol. The topological polar surface area (TPSA) is 12.0 Å². The van der Waals surface area contributed by atoms with Crippen LogP contribution < -0.4 is 5.32 Å². The highest BCUT2D eigenvalue weighted by Gasteiger charge is 2.07. The summed E-state index contributed by atoms with van der Waals surface area (Å²) >= 11 is 7.92. The van der Waals surface area contributed by atoms with E-state index in [4.69, 9.17) is 11.6 Å². The van der Waals surface area contributed by atoms with Crippen LogP contribution in [0.15, 0.2) is 65.6 Å². The van der Waals surface area contributed by atoms with Gasteiger partial charge in [-0.3, -0.25) is 0 Å². The third kappa shape index (κ3) is 5.58. The zero-order chi connectivity index (χ0) is 14.0. The average Bonchev–Trinajstić information content (AvgIpc) is 2.52. The minimum atomic E-state index is 0.343. The summed E-state index contributed by atoms with van der Waals surface area (Å²) in [7, 11) is 0. The van der Waals surface area contributed by atoms with Crippen LogP contribution in [0.25, 0.3) is 0 Å². The van der Waals surface area contributed by atoms with E-state index >= 15 is 0 Å². The maximum Gasteiger partial charge on any atom is 0.0380 e.